The topological polar surface area (TPSA) is 206 Å². The number of aliphatic hydroxyl groups excluding tert-OH is 6. The number of phosphoric ester groups is 1. The van der Waals surface area contributed by atoms with Crippen LogP contribution in [0.1, 0.15) is 96.8 Å². The van der Waals surface area contributed by atoms with E-state index >= 15 is 0 Å². The van der Waals surface area contributed by atoms with E-state index in [-0.39, 0.29) is 6.42 Å². The second-order valence-corrected chi connectivity index (χ2v) is 11.5. The number of carbonyl (C=O) groups is 1. The van der Waals surface area contributed by atoms with Gasteiger partial charge in [0.15, 0.2) is 0 Å². The van der Waals surface area contributed by atoms with Gasteiger partial charge in [0, 0.05) is 6.42 Å². The molecule has 0 saturated heterocycles. The van der Waals surface area contributed by atoms with Crippen molar-refractivity contribution in [3.63, 3.8) is 0 Å². The Morgan fingerprint density at radius 3 is 1.63 bits per heavy atom. The van der Waals surface area contributed by atoms with Gasteiger partial charge in [-0.15, -0.1) is 0 Å². The fourth-order valence-corrected chi connectivity index (χ4v) is 5.24. The van der Waals surface area contributed by atoms with Gasteiger partial charge in [-0.25, -0.2) is 0 Å². The summed E-state index contributed by atoms with van der Waals surface area (Å²) in [6, 6.07) is 0. The average Bonchev–Trinajstić information content (AvgIpc) is 2.89. The molecule has 6 N–H and O–H groups in total. The summed E-state index contributed by atoms with van der Waals surface area (Å²) in [5.41, 5.74) is 0. The fraction of sp³-hybridized carbons (Fsp3) is 0.960. The molecule has 0 spiro atoms. The summed E-state index contributed by atoms with van der Waals surface area (Å²) in [7, 11) is -5.23. The van der Waals surface area contributed by atoms with E-state index in [1.54, 1.807) is 0 Å². The van der Waals surface area contributed by atoms with E-state index in [2.05, 4.69) is 16.0 Å². The van der Waals surface area contributed by atoms with Gasteiger partial charge in [-0.1, -0.05) is 84.0 Å². The van der Waals surface area contributed by atoms with Crippen molar-refractivity contribution in [1.82, 2.24) is 0 Å². The number of hydrogen-bond acceptors (Lipinski definition) is 12. The third kappa shape index (κ3) is 14.1. The molecule has 0 aromatic heterocycles. The zero-order valence-electron chi connectivity index (χ0n) is 22.4. The lowest BCUT2D eigenvalue weighted by Gasteiger charge is -2.43. The molecule has 12 nitrogen and oxygen atoms in total. The summed E-state index contributed by atoms with van der Waals surface area (Å²) in [4.78, 5) is 23.8. The molecule has 0 radical (unpaired) electrons. The van der Waals surface area contributed by atoms with Gasteiger partial charge in [-0.05, 0) is 6.42 Å². The Hall–Kier alpha value is -0.660. The Morgan fingerprint density at radius 2 is 1.16 bits per heavy atom. The minimum Gasteiger partial charge on any atom is -0.756 e. The fourth-order valence-electron chi connectivity index (χ4n) is 4.27. The number of hydrogen-bond donors (Lipinski definition) is 6. The average molecular weight is 572 g/mol. The first-order valence-electron chi connectivity index (χ1n) is 13.9. The highest BCUT2D eigenvalue weighted by Crippen LogP contribution is 2.43. The van der Waals surface area contributed by atoms with Crippen molar-refractivity contribution >= 4 is 13.8 Å². The normalized spacial score (nSPS) is 28.1. The quantitative estimate of drug-likeness (QED) is 0.0650. The highest BCUT2D eigenvalue weighted by atomic mass is 31.2. The molecule has 8 atom stereocenters. The predicted molar refractivity (Wildman–Crippen MR) is 136 cm³/mol. The second-order valence-electron chi connectivity index (χ2n) is 10.1. The number of ether oxygens (including phenoxy) is 1. The van der Waals surface area contributed by atoms with Gasteiger partial charge in [-0.3, -0.25) is 9.36 Å². The largest absolute Gasteiger partial charge is 0.756 e. The number of carbonyl (C=O) groups excluding carboxylic acids is 1. The van der Waals surface area contributed by atoms with E-state index < -0.39 is 69.7 Å². The molecule has 0 aliphatic heterocycles. The summed E-state index contributed by atoms with van der Waals surface area (Å²) >= 11 is 0. The SMILES string of the molecule is CCCCCCCCCCCCCCCC(=O)OC[C@@H](O)COP(=O)([O-])OC1[C@H](O)[C@H](O)C(O)[C@H](O)[C@H]1O. The highest BCUT2D eigenvalue weighted by Gasteiger charge is 2.50. The van der Waals surface area contributed by atoms with Crippen LogP contribution in [0.3, 0.4) is 0 Å². The molecule has 3 unspecified atom stereocenters. The van der Waals surface area contributed by atoms with Gasteiger partial charge in [-0.2, -0.15) is 0 Å². The molecule has 1 saturated carbocycles. The van der Waals surface area contributed by atoms with Crippen molar-refractivity contribution < 1.29 is 58.7 Å². The summed E-state index contributed by atoms with van der Waals surface area (Å²) in [5.74, 6) is -0.524. The van der Waals surface area contributed by atoms with Gasteiger partial charge in [0.25, 0.3) is 7.82 Å². The zero-order chi connectivity index (χ0) is 28.6. The maximum Gasteiger partial charge on any atom is 0.305 e. The smallest absolute Gasteiger partial charge is 0.305 e. The Labute approximate surface area is 225 Å². The Morgan fingerprint density at radius 1 is 0.737 bits per heavy atom. The molecule has 1 aliphatic carbocycles. The molecular weight excluding hydrogens is 523 g/mol. The van der Waals surface area contributed by atoms with Crippen molar-refractivity contribution in [1.29, 1.82) is 0 Å². The maximum atomic E-state index is 12.0. The monoisotopic (exact) mass is 571 g/mol. The lowest BCUT2D eigenvalue weighted by Crippen LogP contribution is -2.64. The minimum absolute atomic E-state index is 0.183. The third-order valence-electron chi connectivity index (χ3n) is 6.67. The van der Waals surface area contributed by atoms with E-state index in [1.165, 1.54) is 57.8 Å². The van der Waals surface area contributed by atoms with Crippen LogP contribution in [0.4, 0.5) is 0 Å². The van der Waals surface area contributed by atoms with Gasteiger partial charge < -0.3 is 49.3 Å². The molecule has 38 heavy (non-hydrogen) atoms. The molecule has 0 aromatic carbocycles. The molecule has 0 amide bonds. The van der Waals surface area contributed by atoms with E-state index in [4.69, 9.17) is 4.74 Å². The number of unbranched alkanes of at least 4 members (excludes halogenated alkanes) is 12. The van der Waals surface area contributed by atoms with Crippen LogP contribution in [0, 0.1) is 0 Å². The second kappa shape index (κ2) is 19.4. The van der Waals surface area contributed by atoms with Crippen LogP contribution in [0.25, 0.3) is 0 Å². The zero-order valence-corrected chi connectivity index (χ0v) is 23.3. The Kier molecular flexibility index (Phi) is 18.1. The standard InChI is InChI=1S/C25H49O12P/c1-2-3-4-5-6-7-8-9-10-11-12-13-14-15-19(27)35-16-18(26)17-36-38(33,34)37-25-23(31)21(29)20(28)22(30)24(25)32/h18,20-26,28-32H,2-17H2,1H3,(H,33,34)/p-1/t18-,20?,21-,22+,23-,24-,25?/m1/s1. The van der Waals surface area contributed by atoms with Crippen LogP contribution >= 0.6 is 7.82 Å². The van der Waals surface area contributed by atoms with Crippen molar-refractivity contribution in [2.24, 2.45) is 0 Å². The molecular formula is C25H48O12P-. The molecule has 226 valence electrons. The molecule has 1 fully saturated rings. The third-order valence-corrected chi connectivity index (χ3v) is 7.64. The van der Waals surface area contributed by atoms with Crippen LogP contribution in [-0.2, 0) is 23.1 Å². The van der Waals surface area contributed by atoms with Gasteiger partial charge in [0.05, 0.1) is 6.61 Å². The molecule has 0 heterocycles. The number of rotatable bonds is 21. The molecule has 0 bridgehead atoms. The number of esters is 1. The van der Waals surface area contributed by atoms with Crippen LogP contribution in [0.2, 0.25) is 0 Å². The lowest BCUT2D eigenvalue weighted by molar-refractivity contribution is -0.261. The first-order valence-corrected chi connectivity index (χ1v) is 15.3. The van der Waals surface area contributed by atoms with E-state index in [1.807, 2.05) is 0 Å². The molecule has 1 rings (SSSR count). The van der Waals surface area contributed by atoms with Crippen LogP contribution < -0.4 is 4.89 Å². The van der Waals surface area contributed by atoms with Crippen molar-refractivity contribution in [3.05, 3.63) is 0 Å². The Balaban J connectivity index is 2.11. The number of aliphatic hydroxyl groups is 6. The summed E-state index contributed by atoms with van der Waals surface area (Å²) < 4.78 is 25.9. The van der Waals surface area contributed by atoms with Crippen LogP contribution in [-0.4, -0.2) is 92.5 Å². The van der Waals surface area contributed by atoms with Crippen molar-refractivity contribution in [2.45, 2.75) is 140 Å². The minimum atomic E-state index is -5.23. The maximum absolute atomic E-state index is 12.0. The summed E-state index contributed by atoms with van der Waals surface area (Å²) in [5, 5.41) is 58.3. The summed E-state index contributed by atoms with van der Waals surface area (Å²) in [6.07, 6.45) is 2.08. The molecule has 1 aliphatic rings. The summed E-state index contributed by atoms with van der Waals surface area (Å²) in [6.45, 7) is 0.881. The molecule has 0 aromatic rings. The van der Waals surface area contributed by atoms with Crippen LogP contribution in [0.15, 0.2) is 0 Å². The van der Waals surface area contributed by atoms with Gasteiger partial charge in [0.1, 0.15) is 49.3 Å². The van der Waals surface area contributed by atoms with E-state index in [0.29, 0.717) is 6.42 Å². The Bertz CT molecular complexity index is 665. The first kappa shape index (κ1) is 35.4. The van der Waals surface area contributed by atoms with Gasteiger partial charge in [0.2, 0.25) is 0 Å². The van der Waals surface area contributed by atoms with E-state index in [0.717, 1.165) is 19.3 Å². The molecule has 13 heteroatoms. The first-order chi connectivity index (χ1) is 18.0. The van der Waals surface area contributed by atoms with Crippen molar-refractivity contribution in [2.75, 3.05) is 13.2 Å². The lowest BCUT2D eigenvalue weighted by atomic mass is 9.85. The predicted octanol–water partition coefficient (Wildman–Crippen LogP) is 1.06. The van der Waals surface area contributed by atoms with E-state index in [9.17, 15) is 44.9 Å². The number of phosphoric acid groups is 1. The van der Waals surface area contributed by atoms with Crippen LogP contribution in [0.5, 0.6) is 0 Å². The highest BCUT2D eigenvalue weighted by molar-refractivity contribution is 7.45. The van der Waals surface area contributed by atoms with Gasteiger partial charge >= 0.3 is 5.97 Å². The van der Waals surface area contributed by atoms with Crippen molar-refractivity contribution in [3.8, 4) is 0 Å².